The average Bonchev–Trinajstić information content (AvgIpc) is 2.37. The third-order valence-corrected chi connectivity index (χ3v) is 4.75. The van der Waals surface area contributed by atoms with Crippen molar-refractivity contribution in [2.24, 2.45) is 5.92 Å². The molecule has 0 heterocycles. The number of halogens is 1. The summed E-state index contributed by atoms with van der Waals surface area (Å²) in [6, 6.07) is 5.59. The number of carbonyl (C=O) groups is 1. The van der Waals surface area contributed by atoms with E-state index in [0.29, 0.717) is 22.4 Å². The molecule has 1 amide bonds. The van der Waals surface area contributed by atoms with Crippen molar-refractivity contribution in [1.82, 2.24) is 5.32 Å². The van der Waals surface area contributed by atoms with E-state index >= 15 is 0 Å². The summed E-state index contributed by atoms with van der Waals surface area (Å²) in [7, 11) is 0. The molecule has 1 rings (SSSR count). The van der Waals surface area contributed by atoms with Crippen LogP contribution in [0.3, 0.4) is 0 Å². The van der Waals surface area contributed by atoms with Gasteiger partial charge in [-0.05, 0) is 31.4 Å². The lowest BCUT2D eigenvalue weighted by Crippen LogP contribution is -2.33. The van der Waals surface area contributed by atoms with Gasteiger partial charge in [0.25, 0.3) is 0 Å². The van der Waals surface area contributed by atoms with E-state index in [0.717, 1.165) is 17.7 Å². The van der Waals surface area contributed by atoms with Crippen molar-refractivity contribution >= 4 is 35.0 Å². The van der Waals surface area contributed by atoms with Gasteiger partial charge in [0.15, 0.2) is 0 Å². The molecule has 5 heteroatoms. The fourth-order valence-corrected chi connectivity index (χ4v) is 3.18. The molecule has 1 atom stereocenters. The average molecular weight is 329 g/mol. The van der Waals surface area contributed by atoms with Gasteiger partial charge in [-0.25, -0.2) is 0 Å². The number of rotatable bonds is 8. The summed E-state index contributed by atoms with van der Waals surface area (Å²) in [5, 5.41) is 3.61. The van der Waals surface area contributed by atoms with Gasteiger partial charge in [-0.3, -0.25) is 4.79 Å². The number of benzene rings is 1. The van der Waals surface area contributed by atoms with Gasteiger partial charge in [0, 0.05) is 16.6 Å². The monoisotopic (exact) mass is 328 g/mol. The van der Waals surface area contributed by atoms with Crippen molar-refractivity contribution in [3.63, 3.8) is 0 Å². The van der Waals surface area contributed by atoms with Crippen LogP contribution in [-0.2, 0) is 4.79 Å². The Labute approximate surface area is 137 Å². The van der Waals surface area contributed by atoms with Gasteiger partial charge in [-0.15, -0.1) is 11.8 Å². The van der Waals surface area contributed by atoms with E-state index in [1.807, 2.05) is 6.92 Å². The van der Waals surface area contributed by atoms with Gasteiger partial charge in [-0.1, -0.05) is 44.4 Å². The molecule has 0 bridgehead atoms. The van der Waals surface area contributed by atoms with Crippen LogP contribution < -0.4 is 11.1 Å². The van der Waals surface area contributed by atoms with Gasteiger partial charge in [-0.2, -0.15) is 0 Å². The minimum atomic E-state index is 0.0244. The lowest BCUT2D eigenvalue weighted by molar-refractivity contribution is -0.119. The molecule has 1 aromatic rings. The quantitative estimate of drug-likeness (QED) is 0.551. The summed E-state index contributed by atoms with van der Waals surface area (Å²) in [6.45, 7) is 6.48. The van der Waals surface area contributed by atoms with Crippen molar-refractivity contribution in [2.75, 3.05) is 11.5 Å². The lowest BCUT2D eigenvalue weighted by Gasteiger charge is -2.15. The van der Waals surface area contributed by atoms with Crippen LogP contribution in [-0.4, -0.2) is 17.7 Å². The summed E-state index contributed by atoms with van der Waals surface area (Å²) in [6.07, 6.45) is 3.36. The van der Waals surface area contributed by atoms with Crippen molar-refractivity contribution in [3.05, 3.63) is 23.2 Å². The second-order valence-corrected chi connectivity index (χ2v) is 7.13. The molecule has 0 aromatic heterocycles. The Morgan fingerprint density at radius 1 is 1.33 bits per heavy atom. The first kappa shape index (κ1) is 18.2. The maximum Gasteiger partial charge on any atom is 0.230 e. The van der Waals surface area contributed by atoms with E-state index < -0.39 is 0 Å². The van der Waals surface area contributed by atoms with Gasteiger partial charge in [0.05, 0.1) is 10.8 Å². The standard InChI is InChI=1S/C16H25ClN2OS/c1-11(2)6-4-7-12(3)19-15(20)10-21-16-13(17)8-5-9-14(16)18/h5,8-9,11-12H,4,6-7,10,18H2,1-3H3,(H,19,20). The molecule has 0 saturated heterocycles. The zero-order valence-corrected chi connectivity index (χ0v) is 14.6. The van der Waals surface area contributed by atoms with E-state index in [1.54, 1.807) is 18.2 Å². The highest BCUT2D eigenvalue weighted by Crippen LogP contribution is 2.32. The lowest BCUT2D eigenvalue weighted by atomic mass is 10.0. The number of amides is 1. The molecule has 118 valence electrons. The molecule has 0 aliphatic carbocycles. The van der Waals surface area contributed by atoms with Crippen molar-refractivity contribution in [3.8, 4) is 0 Å². The normalized spacial score (nSPS) is 12.4. The van der Waals surface area contributed by atoms with E-state index in [9.17, 15) is 4.79 Å². The Morgan fingerprint density at radius 2 is 2.05 bits per heavy atom. The Balaban J connectivity index is 2.34. The molecule has 0 spiro atoms. The minimum Gasteiger partial charge on any atom is -0.398 e. The number of thioether (sulfide) groups is 1. The highest BCUT2D eigenvalue weighted by atomic mass is 35.5. The van der Waals surface area contributed by atoms with Crippen molar-refractivity contribution in [1.29, 1.82) is 0 Å². The van der Waals surface area contributed by atoms with Crippen LogP contribution in [0.25, 0.3) is 0 Å². The van der Waals surface area contributed by atoms with Crippen LogP contribution in [0, 0.1) is 5.92 Å². The zero-order valence-electron chi connectivity index (χ0n) is 13.0. The second-order valence-electron chi connectivity index (χ2n) is 5.74. The highest BCUT2D eigenvalue weighted by Gasteiger charge is 2.11. The molecule has 3 N–H and O–H groups in total. The molecule has 3 nitrogen and oxygen atoms in total. The Bertz CT molecular complexity index is 445. The van der Waals surface area contributed by atoms with Crippen LogP contribution in [0.4, 0.5) is 5.69 Å². The molecule has 0 aliphatic heterocycles. The molecular formula is C16H25ClN2OS. The summed E-state index contributed by atoms with van der Waals surface area (Å²) in [4.78, 5) is 12.7. The molecule has 21 heavy (non-hydrogen) atoms. The number of nitrogens with two attached hydrogens (primary N) is 1. The van der Waals surface area contributed by atoms with E-state index in [-0.39, 0.29) is 11.9 Å². The third-order valence-electron chi connectivity index (χ3n) is 3.17. The van der Waals surface area contributed by atoms with Gasteiger partial charge in [0.1, 0.15) is 0 Å². The maximum absolute atomic E-state index is 11.9. The van der Waals surface area contributed by atoms with Crippen LogP contribution in [0.1, 0.15) is 40.0 Å². The Hall–Kier alpha value is -0.870. The predicted molar refractivity (Wildman–Crippen MR) is 92.9 cm³/mol. The van der Waals surface area contributed by atoms with Gasteiger partial charge >= 0.3 is 0 Å². The fourth-order valence-electron chi connectivity index (χ4n) is 2.04. The summed E-state index contributed by atoms with van der Waals surface area (Å²) in [5.41, 5.74) is 6.48. The number of hydrogen-bond donors (Lipinski definition) is 2. The maximum atomic E-state index is 11.9. The number of anilines is 1. The molecule has 0 fully saturated rings. The van der Waals surface area contributed by atoms with Gasteiger partial charge < -0.3 is 11.1 Å². The van der Waals surface area contributed by atoms with E-state index in [1.165, 1.54) is 18.2 Å². The minimum absolute atomic E-state index is 0.0244. The van der Waals surface area contributed by atoms with Crippen molar-refractivity contribution in [2.45, 2.75) is 51.0 Å². The molecule has 1 aromatic carbocycles. The fraction of sp³-hybridized carbons (Fsp3) is 0.562. The van der Waals surface area contributed by atoms with Crippen LogP contribution in [0.2, 0.25) is 5.02 Å². The second kappa shape index (κ2) is 9.21. The molecule has 0 aliphatic rings. The summed E-state index contributed by atoms with van der Waals surface area (Å²) < 4.78 is 0. The van der Waals surface area contributed by atoms with Crippen LogP contribution >= 0.6 is 23.4 Å². The highest BCUT2D eigenvalue weighted by molar-refractivity contribution is 8.00. The molecule has 0 saturated carbocycles. The zero-order chi connectivity index (χ0) is 15.8. The first-order chi connectivity index (χ1) is 9.90. The SMILES string of the molecule is CC(C)CCCC(C)NC(=O)CSc1c(N)cccc1Cl. The van der Waals surface area contributed by atoms with Crippen LogP contribution in [0.15, 0.2) is 23.1 Å². The first-order valence-electron chi connectivity index (χ1n) is 7.36. The Morgan fingerprint density at radius 3 is 2.67 bits per heavy atom. The van der Waals surface area contributed by atoms with E-state index in [2.05, 4.69) is 19.2 Å². The number of hydrogen-bond acceptors (Lipinski definition) is 3. The largest absolute Gasteiger partial charge is 0.398 e. The number of carbonyl (C=O) groups excluding carboxylic acids is 1. The predicted octanol–water partition coefficient (Wildman–Crippen LogP) is 4.35. The van der Waals surface area contributed by atoms with Gasteiger partial charge in [0.2, 0.25) is 5.91 Å². The molecule has 1 unspecified atom stereocenters. The number of nitrogen functional groups attached to an aromatic ring is 1. The van der Waals surface area contributed by atoms with Crippen LogP contribution in [0.5, 0.6) is 0 Å². The molecular weight excluding hydrogens is 304 g/mol. The molecule has 0 radical (unpaired) electrons. The number of nitrogens with one attached hydrogen (secondary N) is 1. The summed E-state index contributed by atoms with van der Waals surface area (Å²) >= 11 is 7.47. The Kier molecular flexibility index (Phi) is 7.97. The first-order valence-corrected chi connectivity index (χ1v) is 8.72. The third kappa shape index (κ3) is 7.09. The smallest absolute Gasteiger partial charge is 0.230 e. The topological polar surface area (TPSA) is 55.1 Å². The summed E-state index contributed by atoms with van der Waals surface area (Å²) in [5.74, 6) is 1.07. The van der Waals surface area contributed by atoms with E-state index in [4.69, 9.17) is 17.3 Å². The van der Waals surface area contributed by atoms with Crippen molar-refractivity contribution < 1.29 is 4.79 Å².